The number of urea groups is 1. The number of nitro benzene ring substituents is 1. The minimum Gasteiger partial charge on any atom is -0.505 e. The van der Waals surface area contributed by atoms with Crippen LogP contribution in [0.25, 0.3) is 11.1 Å². The summed E-state index contributed by atoms with van der Waals surface area (Å²) >= 11 is 0. The molecule has 0 heterocycles. The van der Waals surface area contributed by atoms with E-state index in [2.05, 4.69) is 0 Å². The Morgan fingerprint density at radius 3 is 2.23 bits per heavy atom. The highest BCUT2D eigenvalue weighted by Crippen LogP contribution is 2.39. The van der Waals surface area contributed by atoms with Crippen molar-refractivity contribution in [3.05, 3.63) is 82.9 Å². The first-order chi connectivity index (χ1) is 12.5. The van der Waals surface area contributed by atoms with E-state index in [1.54, 1.807) is 12.1 Å². The number of aromatic hydroxyl groups is 1. The quantitative estimate of drug-likeness (QED) is 0.543. The SMILES string of the molecule is NC(=O)N(c1ccc([N+](=O)[O-])cc1O)c1ccccc1-c1ccccc1. The second-order valence-electron chi connectivity index (χ2n) is 5.49. The van der Waals surface area contributed by atoms with Gasteiger partial charge < -0.3 is 10.8 Å². The van der Waals surface area contributed by atoms with Gasteiger partial charge in [0, 0.05) is 11.6 Å². The van der Waals surface area contributed by atoms with Crippen LogP contribution < -0.4 is 10.6 Å². The highest BCUT2D eigenvalue weighted by atomic mass is 16.6. The summed E-state index contributed by atoms with van der Waals surface area (Å²) in [5.41, 5.74) is 7.37. The van der Waals surface area contributed by atoms with Gasteiger partial charge in [-0.25, -0.2) is 4.79 Å². The van der Waals surface area contributed by atoms with E-state index in [1.807, 2.05) is 42.5 Å². The zero-order chi connectivity index (χ0) is 18.7. The van der Waals surface area contributed by atoms with Crippen molar-refractivity contribution in [2.24, 2.45) is 5.73 Å². The monoisotopic (exact) mass is 349 g/mol. The number of carbonyl (C=O) groups excluding carboxylic acids is 1. The maximum atomic E-state index is 12.2. The second-order valence-corrected chi connectivity index (χ2v) is 5.49. The summed E-state index contributed by atoms with van der Waals surface area (Å²) in [6.45, 7) is 0. The van der Waals surface area contributed by atoms with Gasteiger partial charge in [-0.2, -0.15) is 0 Å². The summed E-state index contributed by atoms with van der Waals surface area (Å²) in [5.74, 6) is -0.416. The molecule has 0 aliphatic carbocycles. The van der Waals surface area contributed by atoms with E-state index in [4.69, 9.17) is 5.73 Å². The Kier molecular flexibility index (Phi) is 4.53. The van der Waals surface area contributed by atoms with Crippen LogP contribution in [0.5, 0.6) is 5.75 Å². The number of hydrogen-bond acceptors (Lipinski definition) is 4. The lowest BCUT2D eigenvalue weighted by Crippen LogP contribution is -2.31. The average molecular weight is 349 g/mol. The summed E-state index contributed by atoms with van der Waals surface area (Å²) in [5, 5.41) is 21.1. The first kappa shape index (κ1) is 17.0. The number of carbonyl (C=O) groups is 1. The molecule has 0 saturated carbocycles. The van der Waals surface area contributed by atoms with E-state index < -0.39 is 16.7 Å². The molecule has 2 amide bonds. The Bertz CT molecular complexity index is 974. The third-order valence-electron chi connectivity index (χ3n) is 3.86. The first-order valence-electron chi connectivity index (χ1n) is 7.70. The molecule has 0 aromatic heterocycles. The highest BCUT2D eigenvalue weighted by Gasteiger charge is 2.23. The third kappa shape index (κ3) is 3.18. The standard InChI is InChI=1S/C19H15N3O4/c20-19(24)21(17-11-10-14(22(25)26)12-18(17)23)16-9-5-4-8-15(16)13-6-2-1-3-7-13/h1-12,23H,(H2,20,24). The van der Waals surface area contributed by atoms with Crippen LogP contribution in [0.3, 0.4) is 0 Å². The van der Waals surface area contributed by atoms with E-state index >= 15 is 0 Å². The lowest BCUT2D eigenvalue weighted by atomic mass is 10.0. The molecule has 0 aliphatic heterocycles. The molecule has 0 spiro atoms. The predicted molar refractivity (Wildman–Crippen MR) is 98.4 cm³/mol. The second kappa shape index (κ2) is 6.94. The molecule has 3 aromatic carbocycles. The molecule has 3 rings (SSSR count). The minimum absolute atomic E-state index is 0.0616. The van der Waals surface area contributed by atoms with Crippen LogP contribution in [0.15, 0.2) is 72.8 Å². The first-order valence-corrected chi connectivity index (χ1v) is 7.70. The van der Waals surface area contributed by atoms with Crippen LogP contribution in [0.2, 0.25) is 0 Å². The molecule has 0 fully saturated rings. The molecule has 3 aromatic rings. The van der Waals surface area contributed by atoms with Crippen LogP contribution in [0, 0.1) is 10.1 Å². The van der Waals surface area contributed by atoms with Crippen molar-refractivity contribution in [1.82, 2.24) is 0 Å². The topological polar surface area (TPSA) is 110 Å². The number of para-hydroxylation sites is 1. The van der Waals surface area contributed by atoms with Crippen molar-refractivity contribution >= 4 is 23.1 Å². The largest absolute Gasteiger partial charge is 0.505 e. The molecular formula is C19H15N3O4. The van der Waals surface area contributed by atoms with Gasteiger partial charge in [-0.15, -0.1) is 0 Å². The van der Waals surface area contributed by atoms with Crippen molar-refractivity contribution in [3.63, 3.8) is 0 Å². The Morgan fingerprint density at radius 2 is 1.62 bits per heavy atom. The Morgan fingerprint density at radius 1 is 0.962 bits per heavy atom. The molecule has 0 unspecified atom stereocenters. The van der Waals surface area contributed by atoms with E-state index in [0.717, 1.165) is 22.1 Å². The summed E-state index contributed by atoms with van der Waals surface area (Å²) in [4.78, 5) is 23.5. The number of hydrogen-bond donors (Lipinski definition) is 2. The van der Waals surface area contributed by atoms with Gasteiger partial charge in [-0.05, 0) is 17.7 Å². The molecule has 7 nitrogen and oxygen atoms in total. The molecule has 0 atom stereocenters. The molecule has 0 saturated heterocycles. The maximum Gasteiger partial charge on any atom is 0.324 e. The average Bonchev–Trinajstić information content (AvgIpc) is 2.64. The summed E-state index contributed by atoms with van der Waals surface area (Å²) < 4.78 is 0. The zero-order valence-electron chi connectivity index (χ0n) is 13.6. The van der Waals surface area contributed by atoms with Gasteiger partial charge >= 0.3 is 6.03 Å². The van der Waals surface area contributed by atoms with Crippen LogP contribution in [0.1, 0.15) is 0 Å². The van der Waals surface area contributed by atoms with Gasteiger partial charge in [0.15, 0.2) is 0 Å². The van der Waals surface area contributed by atoms with Crippen molar-refractivity contribution < 1.29 is 14.8 Å². The van der Waals surface area contributed by atoms with Gasteiger partial charge in [0.25, 0.3) is 5.69 Å². The van der Waals surface area contributed by atoms with Gasteiger partial charge in [-0.3, -0.25) is 15.0 Å². The summed E-state index contributed by atoms with van der Waals surface area (Å²) in [6.07, 6.45) is 0. The molecule has 0 radical (unpaired) electrons. The molecule has 130 valence electrons. The van der Waals surface area contributed by atoms with Crippen molar-refractivity contribution in [2.75, 3.05) is 4.90 Å². The van der Waals surface area contributed by atoms with Crippen molar-refractivity contribution in [3.8, 4) is 16.9 Å². The number of anilines is 2. The van der Waals surface area contributed by atoms with Gasteiger partial charge in [0.2, 0.25) is 0 Å². The summed E-state index contributed by atoms with van der Waals surface area (Å²) in [6, 6.07) is 19.1. The van der Waals surface area contributed by atoms with Crippen molar-refractivity contribution in [1.29, 1.82) is 0 Å². The number of rotatable bonds is 4. The number of benzene rings is 3. The smallest absolute Gasteiger partial charge is 0.324 e. The van der Waals surface area contributed by atoms with E-state index in [0.29, 0.717) is 5.69 Å². The number of nitrogens with zero attached hydrogens (tertiary/aromatic N) is 2. The van der Waals surface area contributed by atoms with Crippen molar-refractivity contribution in [2.45, 2.75) is 0 Å². The van der Waals surface area contributed by atoms with Crippen LogP contribution in [0.4, 0.5) is 21.9 Å². The van der Waals surface area contributed by atoms with Crippen LogP contribution >= 0.6 is 0 Å². The van der Waals surface area contributed by atoms with Gasteiger partial charge in [0.05, 0.1) is 22.4 Å². The van der Waals surface area contributed by atoms with Gasteiger partial charge in [0.1, 0.15) is 5.75 Å². The number of nitrogens with two attached hydrogens (primary N) is 1. The normalized spacial score (nSPS) is 10.3. The van der Waals surface area contributed by atoms with E-state index in [-0.39, 0.29) is 11.4 Å². The number of nitro groups is 1. The molecule has 3 N–H and O–H groups in total. The lowest BCUT2D eigenvalue weighted by Gasteiger charge is -2.24. The number of phenolic OH excluding ortho intramolecular Hbond substituents is 1. The summed E-state index contributed by atoms with van der Waals surface area (Å²) in [7, 11) is 0. The molecule has 0 aliphatic rings. The maximum absolute atomic E-state index is 12.2. The zero-order valence-corrected chi connectivity index (χ0v) is 13.6. The predicted octanol–water partition coefficient (Wildman–Crippen LogP) is 4.18. The molecule has 7 heteroatoms. The Labute approximate surface area is 149 Å². The number of phenols is 1. The van der Waals surface area contributed by atoms with Gasteiger partial charge in [-0.1, -0.05) is 48.5 Å². The van der Waals surface area contributed by atoms with Crippen LogP contribution in [-0.4, -0.2) is 16.1 Å². The Hall–Kier alpha value is -3.87. The van der Waals surface area contributed by atoms with Crippen LogP contribution in [-0.2, 0) is 0 Å². The fourth-order valence-electron chi connectivity index (χ4n) is 2.71. The molecular weight excluding hydrogens is 334 g/mol. The fraction of sp³-hybridized carbons (Fsp3) is 0. The van der Waals surface area contributed by atoms with E-state index in [1.165, 1.54) is 12.1 Å². The minimum atomic E-state index is -0.822. The lowest BCUT2D eigenvalue weighted by molar-refractivity contribution is -0.384. The molecule has 0 bridgehead atoms. The third-order valence-corrected chi connectivity index (χ3v) is 3.86. The number of non-ortho nitro benzene ring substituents is 1. The number of primary amides is 1. The number of amides is 2. The highest BCUT2D eigenvalue weighted by molar-refractivity contribution is 6.03. The van der Waals surface area contributed by atoms with E-state index in [9.17, 15) is 20.0 Å². The fourth-order valence-corrected chi connectivity index (χ4v) is 2.71. The molecule has 26 heavy (non-hydrogen) atoms. The Balaban J connectivity index is 2.17.